The van der Waals surface area contributed by atoms with Crippen molar-refractivity contribution in [3.8, 4) is 41.0 Å². The molecule has 50 heavy (non-hydrogen) atoms. The summed E-state index contributed by atoms with van der Waals surface area (Å²) < 4.78 is 0. The molecule has 1 N–H and O–H groups in total. The van der Waals surface area contributed by atoms with Crippen LogP contribution in [0.15, 0.2) is 91.5 Å². The van der Waals surface area contributed by atoms with Crippen molar-refractivity contribution in [3.63, 3.8) is 0 Å². The molecule has 4 heterocycles. The molecule has 0 bridgehead atoms. The number of rotatable bonds is 4. The zero-order valence-electron chi connectivity index (χ0n) is 24.9. The summed E-state index contributed by atoms with van der Waals surface area (Å²) in [7, 11) is 0. The molecule has 16 nitrogen and oxygen atoms in total. The minimum Gasteiger partial charge on any atom is -0.335 e. The van der Waals surface area contributed by atoms with Gasteiger partial charge in [-0.15, -0.1) is 0 Å². The SMILES string of the molecule is [C-]#[N+]/C(C#N)=C1/N=c2ccc(-c3nc(-c4ccc5c(c4C#N)=N/C(=C(\C#N)[N+]#[C-])N=5)nc(C([N+]#[C-])c4nc5ccccc5[nH]4)n3)c([N+]#[C-])c2=N1. The zero-order valence-corrected chi connectivity index (χ0v) is 24.9. The van der Waals surface area contributed by atoms with Crippen molar-refractivity contribution >= 4 is 16.7 Å². The fraction of sp³-hybridized carbons (Fsp3) is 0.0294. The van der Waals surface area contributed by atoms with E-state index < -0.39 is 6.04 Å². The Bertz CT molecular complexity index is 2800. The number of aromatic nitrogens is 5. The highest BCUT2D eigenvalue weighted by Crippen LogP contribution is 2.31. The van der Waals surface area contributed by atoms with Gasteiger partial charge in [-0.2, -0.15) is 5.26 Å². The lowest BCUT2D eigenvalue weighted by molar-refractivity contribution is 0.814. The van der Waals surface area contributed by atoms with Gasteiger partial charge in [0, 0.05) is 11.1 Å². The second-order valence-corrected chi connectivity index (χ2v) is 10.2. The zero-order chi connectivity index (χ0) is 34.9. The Labute approximate surface area is 280 Å². The fourth-order valence-corrected chi connectivity index (χ4v) is 5.20. The fourth-order valence-electron chi connectivity index (χ4n) is 5.20. The Morgan fingerprint density at radius 3 is 1.92 bits per heavy atom. The monoisotopic (exact) mass is 642 g/mol. The molecule has 0 amide bonds. The first-order valence-electron chi connectivity index (χ1n) is 14.0. The molecule has 0 spiro atoms. The van der Waals surface area contributed by atoms with E-state index in [9.17, 15) is 15.8 Å². The van der Waals surface area contributed by atoms with Gasteiger partial charge in [-0.25, -0.2) is 71.5 Å². The van der Waals surface area contributed by atoms with Crippen LogP contribution in [-0.2, 0) is 0 Å². The van der Waals surface area contributed by atoms with Gasteiger partial charge >= 0.3 is 17.4 Å². The van der Waals surface area contributed by atoms with Crippen LogP contribution in [0.3, 0.4) is 0 Å². The van der Waals surface area contributed by atoms with Crippen molar-refractivity contribution in [3.05, 3.63) is 156 Å². The Hall–Kier alpha value is -8.75. The van der Waals surface area contributed by atoms with Crippen molar-refractivity contribution in [2.24, 2.45) is 20.0 Å². The Morgan fingerprint density at radius 2 is 1.32 bits per heavy atom. The Balaban J connectivity index is 1.51. The molecule has 0 radical (unpaired) electrons. The number of nitrogens with one attached hydrogen (secondary N) is 1. The highest BCUT2D eigenvalue weighted by molar-refractivity contribution is 5.77. The summed E-state index contributed by atoms with van der Waals surface area (Å²) in [5.41, 5.74) is 0.913. The van der Waals surface area contributed by atoms with Gasteiger partial charge in [-0.05, 0) is 30.3 Å². The van der Waals surface area contributed by atoms with Gasteiger partial charge < -0.3 is 4.98 Å². The summed E-state index contributed by atoms with van der Waals surface area (Å²) in [5.74, 6) is -0.174. The van der Waals surface area contributed by atoms with E-state index in [4.69, 9.17) is 26.3 Å². The normalized spacial score (nSPS) is 14.5. The van der Waals surface area contributed by atoms with Gasteiger partial charge in [0.1, 0.15) is 11.4 Å². The minimum atomic E-state index is -1.18. The number of para-hydroxylation sites is 2. The van der Waals surface area contributed by atoms with Gasteiger partial charge in [0.15, 0.2) is 29.1 Å². The lowest BCUT2D eigenvalue weighted by atomic mass is 10.1. The van der Waals surface area contributed by atoms with Gasteiger partial charge in [0.2, 0.25) is 11.5 Å². The maximum absolute atomic E-state index is 10.3. The van der Waals surface area contributed by atoms with E-state index in [2.05, 4.69) is 70.3 Å². The average molecular weight is 643 g/mol. The number of nitriles is 3. The molecule has 3 aromatic carbocycles. The second kappa shape index (κ2) is 11.9. The number of hydrogen-bond acceptors (Lipinski definition) is 11. The largest absolute Gasteiger partial charge is 0.338 e. The lowest BCUT2D eigenvalue weighted by Crippen LogP contribution is -2.26. The summed E-state index contributed by atoms with van der Waals surface area (Å²) in [6.45, 7) is 30.7. The highest BCUT2D eigenvalue weighted by Gasteiger charge is 2.30. The quantitative estimate of drug-likeness (QED) is 0.229. The van der Waals surface area contributed by atoms with E-state index in [1.54, 1.807) is 30.3 Å². The Kier molecular flexibility index (Phi) is 7.11. The molecule has 7 rings (SSSR count). The van der Waals surface area contributed by atoms with Gasteiger partial charge in [-0.3, -0.25) is 4.85 Å². The van der Waals surface area contributed by atoms with Crippen LogP contribution >= 0.6 is 0 Å². The smallest absolute Gasteiger partial charge is 0.335 e. The summed E-state index contributed by atoms with van der Waals surface area (Å²) in [4.78, 5) is 52.4. The molecule has 0 saturated carbocycles. The highest BCUT2D eigenvalue weighted by atomic mass is 15.1. The molecule has 2 aliphatic rings. The molecule has 16 heteroatoms. The van der Waals surface area contributed by atoms with Crippen LogP contribution < -0.4 is 21.4 Å². The average Bonchev–Trinajstić information content (AvgIpc) is 3.89. The van der Waals surface area contributed by atoms with Crippen LogP contribution in [0.2, 0.25) is 0 Å². The van der Waals surface area contributed by atoms with Gasteiger partial charge in [-0.1, -0.05) is 18.2 Å². The number of imidazole rings is 1. The standard InChI is InChI=1S/C34H10N16/c1-38-23(14-36)31-44-21-11-9-16(18(13-35)25(21)46-31)29-48-30(17-10-12-22-27(26(17)40-3)47-32(45-22)24(15-37)39-2)50-34(49-29)28(41-4)33-42-19-7-5-6-8-20(19)43-33/h5-12,28H,(H,42,43)/b31-23+,32-24-. The van der Waals surface area contributed by atoms with Crippen molar-refractivity contribution in [1.29, 1.82) is 15.8 Å². The molecular formula is C34H10N16. The molecule has 226 valence electrons. The van der Waals surface area contributed by atoms with Crippen molar-refractivity contribution in [1.82, 2.24) is 24.9 Å². The van der Waals surface area contributed by atoms with E-state index in [1.165, 1.54) is 24.3 Å². The molecule has 2 aromatic heterocycles. The maximum Gasteiger partial charge on any atom is 0.338 e. The summed E-state index contributed by atoms with van der Waals surface area (Å²) in [6, 6.07) is 17.8. The first kappa shape index (κ1) is 29.9. The molecule has 1 atom stereocenters. The van der Waals surface area contributed by atoms with E-state index in [1.807, 2.05) is 6.07 Å². The molecule has 0 aliphatic carbocycles. The van der Waals surface area contributed by atoms with Crippen LogP contribution in [0.25, 0.3) is 53.2 Å². The molecule has 1 unspecified atom stereocenters. The van der Waals surface area contributed by atoms with Crippen LogP contribution in [0.5, 0.6) is 0 Å². The maximum atomic E-state index is 10.3. The third-order valence-electron chi connectivity index (χ3n) is 7.43. The van der Waals surface area contributed by atoms with Crippen molar-refractivity contribution in [2.45, 2.75) is 6.04 Å². The van der Waals surface area contributed by atoms with Crippen LogP contribution in [-0.4, -0.2) is 24.9 Å². The molecular weight excluding hydrogens is 632 g/mol. The van der Waals surface area contributed by atoms with E-state index in [0.29, 0.717) is 11.0 Å². The third-order valence-corrected chi connectivity index (χ3v) is 7.43. The first-order valence-corrected chi connectivity index (χ1v) is 14.0. The predicted molar refractivity (Wildman–Crippen MR) is 169 cm³/mol. The van der Waals surface area contributed by atoms with Gasteiger partial charge in [0.25, 0.3) is 0 Å². The molecule has 2 aliphatic heterocycles. The summed E-state index contributed by atoms with van der Waals surface area (Å²) in [5, 5.41) is 29.7. The number of fused-ring (bicyclic) bond motifs is 3. The van der Waals surface area contributed by atoms with Gasteiger partial charge in [0.05, 0.1) is 64.5 Å². The van der Waals surface area contributed by atoms with Crippen molar-refractivity contribution < 1.29 is 0 Å². The topological polar surface area (TPSA) is 206 Å². The van der Waals surface area contributed by atoms with Crippen LogP contribution in [0.1, 0.15) is 23.3 Å². The molecule has 0 saturated heterocycles. The number of allylic oxidation sites excluding steroid dienone is 2. The van der Waals surface area contributed by atoms with E-state index in [-0.39, 0.29) is 90.1 Å². The Morgan fingerprint density at radius 1 is 0.700 bits per heavy atom. The summed E-state index contributed by atoms with van der Waals surface area (Å²) in [6.07, 6.45) is 0. The van der Waals surface area contributed by atoms with Crippen molar-refractivity contribution in [2.75, 3.05) is 0 Å². The number of benzene rings is 3. The van der Waals surface area contributed by atoms with Crippen LogP contribution in [0, 0.1) is 60.3 Å². The molecule has 0 fully saturated rings. The predicted octanol–water partition coefficient (Wildman–Crippen LogP) is 3.24. The molecule has 5 aromatic rings. The number of nitrogens with zero attached hydrogens (tertiary/aromatic N) is 15. The number of H-pyrrole nitrogens is 1. The second-order valence-electron chi connectivity index (χ2n) is 10.2. The lowest BCUT2D eigenvalue weighted by Gasteiger charge is -2.10. The first-order chi connectivity index (χ1) is 24.4. The number of hydrogen-bond donors (Lipinski definition) is 1. The van der Waals surface area contributed by atoms with E-state index >= 15 is 0 Å². The van der Waals surface area contributed by atoms with Crippen LogP contribution in [0.4, 0.5) is 5.69 Å². The number of aromatic amines is 1. The third kappa shape index (κ3) is 4.72. The van der Waals surface area contributed by atoms with E-state index in [0.717, 1.165) is 0 Å². The summed E-state index contributed by atoms with van der Waals surface area (Å²) >= 11 is 0. The minimum absolute atomic E-state index is 0.0131.